The van der Waals surface area contributed by atoms with Crippen molar-refractivity contribution in [3.63, 3.8) is 0 Å². The van der Waals surface area contributed by atoms with Crippen LogP contribution in [0.3, 0.4) is 0 Å². The molecule has 1 unspecified atom stereocenters. The Hall–Kier alpha value is -1.37. The maximum Gasteiger partial charge on any atom is 0.391 e. The summed E-state index contributed by atoms with van der Waals surface area (Å²) < 4.78 is 36.7. The van der Waals surface area contributed by atoms with Crippen LogP contribution in [0.25, 0.3) is 0 Å². The molecule has 0 spiro atoms. The molecule has 0 aromatic carbocycles. The molecule has 3 nitrogen and oxygen atoms in total. The van der Waals surface area contributed by atoms with Crippen LogP contribution >= 0.6 is 12.2 Å². The summed E-state index contributed by atoms with van der Waals surface area (Å²) in [7, 11) is 0. The van der Waals surface area contributed by atoms with Gasteiger partial charge < -0.3 is 11.1 Å². The molecule has 1 heterocycles. The minimum atomic E-state index is -4.22. The van der Waals surface area contributed by atoms with Crippen molar-refractivity contribution in [2.45, 2.75) is 32.5 Å². The molecular weight excluding hydrogens is 263 g/mol. The van der Waals surface area contributed by atoms with Crippen molar-refractivity contribution in [1.82, 2.24) is 4.98 Å². The van der Waals surface area contributed by atoms with E-state index < -0.39 is 18.6 Å². The van der Waals surface area contributed by atoms with Gasteiger partial charge in [-0.05, 0) is 25.5 Å². The second kappa shape index (κ2) is 5.51. The predicted molar refractivity (Wildman–Crippen MR) is 68.6 cm³/mol. The van der Waals surface area contributed by atoms with E-state index in [1.54, 1.807) is 13.0 Å². The van der Waals surface area contributed by atoms with Crippen LogP contribution in [0.15, 0.2) is 12.3 Å². The lowest BCUT2D eigenvalue weighted by Gasteiger charge is -2.19. The number of aromatic nitrogens is 1. The molecule has 0 aliphatic heterocycles. The Bertz CT molecular complexity index is 446. The van der Waals surface area contributed by atoms with E-state index in [4.69, 9.17) is 18.0 Å². The lowest BCUT2D eigenvalue weighted by atomic mass is 10.1. The van der Waals surface area contributed by atoms with Gasteiger partial charge in [-0.2, -0.15) is 13.2 Å². The summed E-state index contributed by atoms with van der Waals surface area (Å²) in [6, 6.07) is 0.904. The number of hydrogen-bond acceptors (Lipinski definition) is 3. The van der Waals surface area contributed by atoms with Gasteiger partial charge in [0.05, 0.1) is 12.0 Å². The lowest BCUT2D eigenvalue weighted by Crippen LogP contribution is -2.26. The number of rotatable bonds is 4. The van der Waals surface area contributed by atoms with Crippen LogP contribution in [0.2, 0.25) is 0 Å². The normalized spacial score (nSPS) is 13.2. The molecule has 0 aliphatic carbocycles. The molecule has 7 heteroatoms. The first kappa shape index (κ1) is 14.7. The number of nitrogens with two attached hydrogens (primary N) is 1. The molecule has 0 saturated carbocycles. The monoisotopic (exact) mass is 277 g/mol. The average Bonchev–Trinajstić information content (AvgIpc) is 2.13. The number of alkyl halides is 3. The summed E-state index contributed by atoms with van der Waals surface area (Å²) in [6.07, 6.45) is -3.67. The molecule has 18 heavy (non-hydrogen) atoms. The Kier molecular flexibility index (Phi) is 4.50. The second-order valence-electron chi connectivity index (χ2n) is 4.08. The van der Waals surface area contributed by atoms with E-state index in [9.17, 15) is 13.2 Å². The van der Waals surface area contributed by atoms with Crippen LogP contribution in [0.1, 0.15) is 24.5 Å². The fourth-order valence-electron chi connectivity index (χ4n) is 1.61. The van der Waals surface area contributed by atoms with Crippen LogP contribution in [0, 0.1) is 6.92 Å². The van der Waals surface area contributed by atoms with E-state index in [2.05, 4.69) is 10.3 Å². The number of anilines is 1. The maximum absolute atomic E-state index is 12.2. The van der Waals surface area contributed by atoms with Crippen LogP contribution in [0.4, 0.5) is 19.0 Å². The van der Waals surface area contributed by atoms with Crippen LogP contribution in [-0.4, -0.2) is 22.2 Å². The van der Waals surface area contributed by atoms with Crippen molar-refractivity contribution >= 4 is 23.0 Å². The summed E-state index contributed by atoms with van der Waals surface area (Å²) in [5.74, 6) is 0.291. The second-order valence-corrected chi connectivity index (χ2v) is 4.52. The van der Waals surface area contributed by atoms with Gasteiger partial charge in [-0.1, -0.05) is 12.2 Å². The van der Waals surface area contributed by atoms with E-state index in [-0.39, 0.29) is 4.99 Å². The molecule has 1 aromatic rings. The summed E-state index contributed by atoms with van der Waals surface area (Å²) in [6.45, 7) is 3.20. The summed E-state index contributed by atoms with van der Waals surface area (Å²) in [4.78, 5) is 4.10. The summed E-state index contributed by atoms with van der Waals surface area (Å²) in [5, 5.41) is 2.69. The number of hydrogen-bond donors (Lipinski definition) is 2. The highest BCUT2D eigenvalue weighted by Gasteiger charge is 2.30. The van der Waals surface area contributed by atoms with Crippen LogP contribution in [-0.2, 0) is 0 Å². The molecule has 1 rings (SSSR count). The van der Waals surface area contributed by atoms with E-state index in [0.717, 1.165) is 5.56 Å². The highest BCUT2D eigenvalue weighted by molar-refractivity contribution is 7.80. The molecule has 0 aliphatic rings. The van der Waals surface area contributed by atoms with E-state index in [1.165, 1.54) is 13.1 Å². The topological polar surface area (TPSA) is 50.9 Å². The molecule has 0 bridgehead atoms. The van der Waals surface area contributed by atoms with Crippen molar-refractivity contribution in [1.29, 1.82) is 0 Å². The number of thiocarbonyl (C=S) groups is 1. The van der Waals surface area contributed by atoms with Crippen LogP contribution in [0.5, 0.6) is 0 Å². The molecular formula is C11H14F3N3S. The SMILES string of the molecule is Cc1ccnc(NC(C)CC(F)(F)F)c1C(N)=S. The summed E-state index contributed by atoms with van der Waals surface area (Å²) in [5.41, 5.74) is 6.81. The fourth-order valence-corrected chi connectivity index (χ4v) is 1.87. The minimum absolute atomic E-state index is 0.113. The highest BCUT2D eigenvalue weighted by atomic mass is 32.1. The van der Waals surface area contributed by atoms with Crippen molar-refractivity contribution in [3.8, 4) is 0 Å². The van der Waals surface area contributed by atoms with Crippen molar-refractivity contribution < 1.29 is 13.2 Å². The third-order valence-corrected chi connectivity index (χ3v) is 2.53. The zero-order valence-electron chi connectivity index (χ0n) is 10.0. The zero-order valence-corrected chi connectivity index (χ0v) is 10.8. The average molecular weight is 277 g/mol. The zero-order chi connectivity index (χ0) is 13.9. The molecule has 3 N–H and O–H groups in total. The van der Waals surface area contributed by atoms with E-state index in [0.29, 0.717) is 11.4 Å². The molecule has 0 fully saturated rings. The predicted octanol–water partition coefficient (Wildman–Crippen LogP) is 2.78. The molecule has 0 saturated heterocycles. The smallest absolute Gasteiger partial charge is 0.389 e. The minimum Gasteiger partial charge on any atom is -0.389 e. The number of halogens is 3. The lowest BCUT2D eigenvalue weighted by molar-refractivity contribution is -0.136. The molecule has 100 valence electrons. The fraction of sp³-hybridized carbons (Fsp3) is 0.455. The number of nitrogens with zero attached hydrogens (tertiary/aromatic N) is 1. The summed E-state index contributed by atoms with van der Waals surface area (Å²) >= 11 is 4.88. The van der Waals surface area contributed by atoms with Gasteiger partial charge in [0.2, 0.25) is 0 Å². The maximum atomic E-state index is 12.2. The van der Waals surface area contributed by atoms with Crippen molar-refractivity contribution in [2.24, 2.45) is 5.73 Å². The van der Waals surface area contributed by atoms with Gasteiger partial charge in [-0.25, -0.2) is 4.98 Å². The standard InChI is InChI=1S/C11H14F3N3S/c1-6-3-4-16-10(8(6)9(15)18)17-7(2)5-11(12,13)14/h3-4,7H,5H2,1-2H3,(H2,15,18)(H,16,17). The van der Waals surface area contributed by atoms with Gasteiger partial charge >= 0.3 is 6.18 Å². The molecule has 1 atom stereocenters. The van der Waals surface area contributed by atoms with Gasteiger partial charge in [0.25, 0.3) is 0 Å². The first-order chi connectivity index (χ1) is 8.20. The Morgan fingerprint density at radius 3 is 2.67 bits per heavy atom. The van der Waals surface area contributed by atoms with E-state index >= 15 is 0 Å². The largest absolute Gasteiger partial charge is 0.391 e. The van der Waals surface area contributed by atoms with Crippen molar-refractivity contribution in [3.05, 3.63) is 23.4 Å². The van der Waals surface area contributed by atoms with E-state index in [1.807, 2.05) is 0 Å². The third-order valence-electron chi connectivity index (χ3n) is 2.33. The Balaban J connectivity index is 2.91. The molecule has 0 radical (unpaired) electrons. The van der Waals surface area contributed by atoms with Crippen LogP contribution < -0.4 is 11.1 Å². The Morgan fingerprint density at radius 1 is 1.56 bits per heavy atom. The third kappa shape index (κ3) is 4.14. The van der Waals surface area contributed by atoms with Gasteiger partial charge in [0, 0.05) is 12.2 Å². The first-order valence-corrected chi connectivity index (χ1v) is 5.70. The molecule has 0 amide bonds. The van der Waals surface area contributed by atoms with Gasteiger partial charge in [0.1, 0.15) is 10.8 Å². The number of aryl methyl sites for hydroxylation is 1. The van der Waals surface area contributed by atoms with Gasteiger partial charge in [0.15, 0.2) is 0 Å². The Morgan fingerprint density at radius 2 is 2.17 bits per heavy atom. The number of nitrogens with one attached hydrogen (secondary N) is 1. The quantitative estimate of drug-likeness (QED) is 0.831. The van der Waals surface area contributed by atoms with Crippen molar-refractivity contribution in [2.75, 3.05) is 5.32 Å². The first-order valence-electron chi connectivity index (χ1n) is 5.29. The molecule has 1 aromatic heterocycles. The highest BCUT2D eigenvalue weighted by Crippen LogP contribution is 2.24. The van der Waals surface area contributed by atoms with Gasteiger partial charge in [-0.15, -0.1) is 0 Å². The number of pyridine rings is 1. The van der Waals surface area contributed by atoms with Gasteiger partial charge in [-0.3, -0.25) is 0 Å². The Labute approximate surface area is 109 Å².